The fraction of sp³-hybridized carbons (Fsp3) is 0.267. The van der Waals surface area contributed by atoms with Crippen molar-refractivity contribution in [3.63, 3.8) is 0 Å². The minimum absolute atomic E-state index is 0.0103. The fourth-order valence-electron chi connectivity index (χ4n) is 2.43. The molecule has 0 saturated carbocycles. The number of aldehydes is 1. The quantitative estimate of drug-likeness (QED) is 0.618. The van der Waals surface area contributed by atoms with Gasteiger partial charge in [0.05, 0.1) is 10.6 Å². The zero-order valence-corrected chi connectivity index (χ0v) is 14.8. The van der Waals surface area contributed by atoms with Crippen LogP contribution in [0.4, 0.5) is 13.2 Å². The highest BCUT2D eigenvalue weighted by molar-refractivity contribution is 7.91. The van der Waals surface area contributed by atoms with E-state index in [4.69, 9.17) is 0 Å². The van der Waals surface area contributed by atoms with Gasteiger partial charge in [0, 0.05) is 13.1 Å². The average Bonchev–Trinajstić information content (AvgIpc) is 2.96. The first kappa shape index (κ1) is 18.9. The molecular weight excluding hydrogens is 387 g/mol. The molecule has 3 aromatic rings. The van der Waals surface area contributed by atoms with Crippen LogP contribution < -0.4 is 0 Å². The maximum Gasteiger partial charge on any atom is 0.435 e. The molecule has 0 atom stereocenters. The van der Waals surface area contributed by atoms with Crippen LogP contribution in [0.1, 0.15) is 23.1 Å². The molecular formula is C15H12F3N5O3S. The molecule has 0 bridgehead atoms. The van der Waals surface area contributed by atoms with E-state index in [1.807, 2.05) is 0 Å². The van der Waals surface area contributed by atoms with Crippen LogP contribution >= 0.6 is 0 Å². The molecule has 12 heteroatoms. The normalized spacial score (nSPS) is 12.5. The van der Waals surface area contributed by atoms with Gasteiger partial charge in [-0.25, -0.2) is 18.4 Å². The number of rotatable bonds is 4. The van der Waals surface area contributed by atoms with E-state index in [9.17, 15) is 26.4 Å². The average molecular weight is 399 g/mol. The lowest BCUT2D eigenvalue weighted by molar-refractivity contribution is -0.141. The minimum atomic E-state index is -4.70. The minimum Gasteiger partial charge on any atom is -0.309 e. The number of halogens is 3. The predicted octanol–water partition coefficient (Wildman–Crippen LogP) is 2.05. The Kier molecular flexibility index (Phi) is 4.46. The van der Waals surface area contributed by atoms with Crippen LogP contribution in [0.2, 0.25) is 0 Å². The monoisotopic (exact) mass is 399 g/mol. The smallest absolute Gasteiger partial charge is 0.309 e. The van der Waals surface area contributed by atoms with Crippen LogP contribution in [0.5, 0.6) is 0 Å². The first-order chi connectivity index (χ1) is 12.6. The molecule has 3 rings (SSSR count). The number of alkyl halides is 3. The zero-order valence-electron chi connectivity index (χ0n) is 14.0. The lowest BCUT2D eigenvalue weighted by Gasteiger charge is -2.09. The largest absolute Gasteiger partial charge is 0.435 e. The van der Waals surface area contributed by atoms with Crippen molar-refractivity contribution in [1.29, 1.82) is 0 Å². The van der Waals surface area contributed by atoms with Crippen molar-refractivity contribution in [3.05, 3.63) is 29.6 Å². The molecule has 3 aromatic heterocycles. The number of carbonyl (C=O) groups excluding carboxylic acids is 1. The van der Waals surface area contributed by atoms with Gasteiger partial charge in [-0.05, 0) is 12.1 Å². The second-order valence-corrected chi connectivity index (χ2v) is 7.78. The van der Waals surface area contributed by atoms with Crippen molar-refractivity contribution in [2.45, 2.75) is 18.0 Å². The lowest BCUT2D eigenvalue weighted by Crippen LogP contribution is -2.10. The molecule has 0 amide bonds. The number of hydrogen-bond acceptors (Lipinski definition) is 7. The number of nitrogens with zero attached hydrogens (tertiary/aromatic N) is 5. The van der Waals surface area contributed by atoms with Gasteiger partial charge in [0.15, 0.2) is 33.3 Å². The first-order valence-electron chi connectivity index (χ1n) is 7.55. The van der Waals surface area contributed by atoms with E-state index in [1.54, 1.807) is 0 Å². The van der Waals surface area contributed by atoms with Gasteiger partial charge in [0.2, 0.25) is 0 Å². The summed E-state index contributed by atoms with van der Waals surface area (Å²) in [7, 11) is -2.30. The Morgan fingerprint density at radius 3 is 2.48 bits per heavy atom. The van der Waals surface area contributed by atoms with Crippen molar-refractivity contribution >= 4 is 27.3 Å². The number of aromatic nitrogens is 5. The maximum atomic E-state index is 12.8. The van der Waals surface area contributed by atoms with E-state index >= 15 is 0 Å². The molecule has 0 fully saturated rings. The summed E-state index contributed by atoms with van der Waals surface area (Å²) in [5.41, 5.74) is -1.54. The predicted molar refractivity (Wildman–Crippen MR) is 87.7 cm³/mol. The summed E-state index contributed by atoms with van der Waals surface area (Å²) in [5, 5.41) is 6.67. The van der Waals surface area contributed by atoms with Crippen LogP contribution in [0, 0.1) is 0 Å². The second-order valence-electron chi connectivity index (χ2n) is 5.53. The summed E-state index contributed by atoms with van der Waals surface area (Å²) in [5.74, 6) is -0.279. The van der Waals surface area contributed by atoms with E-state index in [-0.39, 0.29) is 39.0 Å². The Labute approximate surface area is 151 Å². The van der Waals surface area contributed by atoms with Crippen molar-refractivity contribution in [3.8, 4) is 11.5 Å². The molecule has 0 unspecified atom stereocenters. The molecule has 0 spiro atoms. The van der Waals surface area contributed by atoms with Crippen LogP contribution in [0.3, 0.4) is 0 Å². The molecule has 0 N–H and O–H groups in total. The molecule has 0 radical (unpaired) electrons. The van der Waals surface area contributed by atoms with E-state index < -0.39 is 21.7 Å². The third kappa shape index (κ3) is 3.27. The number of hydrogen-bond donors (Lipinski definition) is 0. The number of pyridine rings is 1. The summed E-state index contributed by atoms with van der Waals surface area (Å²) in [6.07, 6.45) is -4.28. The molecule has 142 valence electrons. The highest BCUT2D eigenvalue weighted by Crippen LogP contribution is 2.31. The summed E-state index contributed by atoms with van der Waals surface area (Å²) in [4.78, 5) is 18.9. The summed E-state index contributed by atoms with van der Waals surface area (Å²) in [6, 6.07) is 3.17. The van der Waals surface area contributed by atoms with Gasteiger partial charge in [0.1, 0.15) is 16.9 Å². The van der Waals surface area contributed by atoms with Crippen molar-refractivity contribution < 1.29 is 26.4 Å². The third-order valence-electron chi connectivity index (χ3n) is 3.83. The molecule has 0 aliphatic rings. The Hall–Kier alpha value is -2.89. The topological polar surface area (TPSA) is 108 Å². The van der Waals surface area contributed by atoms with E-state index in [2.05, 4.69) is 20.2 Å². The van der Waals surface area contributed by atoms with Gasteiger partial charge in [-0.3, -0.25) is 4.79 Å². The number of fused-ring (bicyclic) bond motifs is 1. The van der Waals surface area contributed by atoms with Gasteiger partial charge < -0.3 is 4.57 Å². The van der Waals surface area contributed by atoms with Crippen molar-refractivity contribution in [1.82, 2.24) is 24.7 Å². The molecule has 27 heavy (non-hydrogen) atoms. The van der Waals surface area contributed by atoms with Crippen LogP contribution in [0.25, 0.3) is 22.7 Å². The molecule has 0 aromatic carbocycles. The third-order valence-corrected chi connectivity index (χ3v) is 5.59. The van der Waals surface area contributed by atoms with Crippen LogP contribution in [-0.4, -0.2) is 45.2 Å². The molecule has 8 nitrogen and oxygen atoms in total. The fourth-order valence-corrected chi connectivity index (χ4v) is 3.45. The van der Waals surface area contributed by atoms with Gasteiger partial charge in [-0.1, -0.05) is 6.92 Å². The van der Waals surface area contributed by atoms with Crippen LogP contribution in [-0.2, 0) is 23.1 Å². The van der Waals surface area contributed by atoms with Crippen LogP contribution in [0.15, 0.2) is 23.1 Å². The van der Waals surface area contributed by atoms with Crippen molar-refractivity contribution in [2.24, 2.45) is 7.05 Å². The molecule has 0 aliphatic carbocycles. The molecule has 0 saturated heterocycles. The van der Waals surface area contributed by atoms with Gasteiger partial charge in [-0.2, -0.15) is 13.2 Å². The Morgan fingerprint density at radius 1 is 1.19 bits per heavy atom. The van der Waals surface area contributed by atoms with Gasteiger partial charge in [0.25, 0.3) is 0 Å². The van der Waals surface area contributed by atoms with Gasteiger partial charge in [-0.15, -0.1) is 10.2 Å². The van der Waals surface area contributed by atoms with E-state index in [1.165, 1.54) is 30.7 Å². The highest BCUT2D eigenvalue weighted by atomic mass is 32.2. The number of carbonyl (C=O) groups is 1. The summed E-state index contributed by atoms with van der Waals surface area (Å²) >= 11 is 0. The Bertz CT molecular complexity index is 1160. The van der Waals surface area contributed by atoms with E-state index in [0.29, 0.717) is 12.4 Å². The number of aryl methyl sites for hydroxylation is 1. The van der Waals surface area contributed by atoms with Gasteiger partial charge >= 0.3 is 6.18 Å². The van der Waals surface area contributed by atoms with E-state index in [0.717, 1.165) is 0 Å². The lowest BCUT2D eigenvalue weighted by atomic mass is 10.3. The molecule has 0 aliphatic heterocycles. The maximum absolute atomic E-state index is 12.8. The van der Waals surface area contributed by atoms with Crippen molar-refractivity contribution in [2.75, 3.05) is 5.75 Å². The first-order valence-corrected chi connectivity index (χ1v) is 9.20. The summed E-state index contributed by atoms with van der Waals surface area (Å²) in [6.45, 7) is 1.43. The Balaban J connectivity index is 2.32. The second kappa shape index (κ2) is 6.37. The SMILES string of the molecule is CCS(=O)(=O)c1ccc(C=O)nc1-c1nc2cc(C(F)(F)F)nnc2n1C. The molecule has 3 heterocycles. The Morgan fingerprint density at radius 2 is 1.89 bits per heavy atom. The number of sulfone groups is 1. The summed E-state index contributed by atoms with van der Waals surface area (Å²) < 4.78 is 64.5. The zero-order chi connectivity index (χ0) is 20.0. The standard InChI is InChI=1S/C15H12F3N5O3S/c1-3-27(25,26)10-5-4-8(7-24)19-12(10)14-20-9-6-11(15(16,17)18)21-22-13(9)23(14)2/h4-7H,3H2,1-2H3. The highest BCUT2D eigenvalue weighted by Gasteiger charge is 2.34. The number of imidazole rings is 1.